The summed E-state index contributed by atoms with van der Waals surface area (Å²) in [5, 5.41) is 2.09. The topological polar surface area (TPSA) is 55.0 Å². The number of anilines is 1. The molecular formula is C12H15BrN4S. The molecule has 6 heteroatoms. The van der Waals surface area contributed by atoms with Crippen molar-refractivity contribution in [1.82, 2.24) is 9.97 Å². The number of thiophene rings is 1. The summed E-state index contributed by atoms with van der Waals surface area (Å²) < 4.78 is 1.13. The molecule has 2 aromatic heterocycles. The van der Waals surface area contributed by atoms with Gasteiger partial charge in [0.2, 0.25) is 0 Å². The second kappa shape index (κ2) is 6.26. The molecule has 0 fully saturated rings. The number of halogens is 1. The van der Waals surface area contributed by atoms with Crippen LogP contribution < -0.4 is 10.6 Å². The Bertz CT molecular complexity index is 514. The van der Waals surface area contributed by atoms with Gasteiger partial charge in [-0.1, -0.05) is 0 Å². The Morgan fingerprint density at radius 3 is 3.00 bits per heavy atom. The molecule has 2 heterocycles. The molecule has 0 aliphatic heterocycles. The first-order valence-corrected chi connectivity index (χ1v) is 7.32. The summed E-state index contributed by atoms with van der Waals surface area (Å²) >= 11 is 5.20. The predicted octanol–water partition coefficient (Wildman–Crippen LogP) is 2.44. The van der Waals surface area contributed by atoms with Crippen LogP contribution in [0.3, 0.4) is 0 Å². The summed E-state index contributed by atoms with van der Waals surface area (Å²) in [6.45, 7) is 1.42. The zero-order chi connectivity index (χ0) is 13.0. The van der Waals surface area contributed by atoms with E-state index in [0.717, 1.165) is 22.7 Å². The quantitative estimate of drug-likeness (QED) is 0.916. The van der Waals surface area contributed by atoms with Crippen molar-refractivity contribution in [1.29, 1.82) is 0 Å². The second-order valence-corrected chi connectivity index (χ2v) is 5.87. The highest BCUT2D eigenvalue weighted by Crippen LogP contribution is 2.22. The van der Waals surface area contributed by atoms with E-state index in [1.54, 1.807) is 17.5 Å². The molecule has 0 spiro atoms. The highest BCUT2D eigenvalue weighted by molar-refractivity contribution is 9.10. The first-order chi connectivity index (χ1) is 8.69. The molecule has 2 aromatic rings. The summed E-state index contributed by atoms with van der Waals surface area (Å²) in [5.74, 6) is 1.73. The first kappa shape index (κ1) is 13.5. The van der Waals surface area contributed by atoms with Gasteiger partial charge in [0.1, 0.15) is 11.6 Å². The van der Waals surface area contributed by atoms with E-state index in [9.17, 15) is 0 Å². The summed E-state index contributed by atoms with van der Waals surface area (Å²) in [6.07, 6.45) is 2.50. The van der Waals surface area contributed by atoms with Crippen molar-refractivity contribution < 1.29 is 0 Å². The fourth-order valence-corrected chi connectivity index (χ4v) is 3.11. The largest absolute Gasteiger partial charge is 0.354 e. The molecule has 0 saturated heterocycles. The van der Waals surface area contributed by atoms with Crippen LogP contribution >= 0.6 is 27.3 Å². The lowest BCUT2D eigenvalue weighted by atomic mass is 10.4. The summed E-state index contributed by atoms with van der Waals surface area (Å²) in [6, 6.07) is 4.05. The zero-order valence-corrected chi connectivity index (χ0v) is 12.5. The molecule has 2 rings (SSSR count). The van der Waals surface area contributed by atoms with Crippen LogP contribution in [0.5, 0.6) is 0 Å². The van der Waals surface area contributed by atoms with Crippen LogP contribution in [0, 0.1) is 0 Å². The molecule has 0 aliphatic carbocycles. The van der Waals surface area contributed by atoms with Crippen molar-refractivity contribution in [3.8, 4) is 0 Å². The molecule has 2 N–H and O–H groups in total. The van der Waals surface area contributed by atoms with Gasteiger partial charge in [-0.25, -0.2) is 9.97 Å². The van der Waals surface area contributed by atoms with E-state index in [2.05, 4.69) is 42.2 Å². The summed E-state index contributed by atoms with van der Waals surface area (Å²) in [7, 11) is 2.03. The maximum absolute atomic E-state index is 5.52. The Kier molecular flexibility index (Phi) is 4.68. The molecule has 0 amide bonds. The fraction of sp³-hybridized carbons (Fsp3) is 0.333. The first-order valence-electron chi connectivity index (χ1n) is 5.65. The minimum atomic E-state index is 0.574. The average Bonchev–Trinajstić information content (AvgIpc) is 2.75. The van der Waals surface area contributed by atoms with Crippen molar-refractivity contribution in [2.45, 2.75) is 13.0 Å². The SMILES string of the molecule is CN(Cc1cc(Br)cs1)c1ccnc(CCN)n1. The molecule has 0 atom stereocenters. The van der Waals surface area contributed by atoms with Gasteiger partial charge >= 0.3 is 0 Å². The second-order valence-electron chi connectivity index (χ2n) is 3.96. The number of rotatable bonds is 5. The van der Waals surface area contributed by atoms with Gasteiger partial charge < -0.3 is 10.6 Å². The third-order valence-corrected chi connectivity index (χ3v) is 4.15. The van der Waals surface area contributed by atoms with E-state index in [1.165, 1.54) is 4.88 Å². The minimum absolute atomic E-state index is 0.574. The van der Waals surface area contributed by atoms with Crippen LogP contribution in [-0.2, 0) is 13.0 Å². The molecular weight excluding hydrogens is 312 g/mol. The molecule has 4 nitrogen and oxygen atoms in total. The highest BCUT2D eigenvalue weighted by atomic mass is 79.9. The Labute approximate surface area is 119 Å². The van der Waals surface area contributed by atoms with E-state index in [1.807, 2.05) is 13.1 Å². The van der Waals surface area contributed by atoms with Gasteiger partial charge in [0, 0.05) is 34.4 Å². The van der Waals surface area contributed by atoms with Crippen LogP contribution in [-0.4, -0.2) is 23.6 Å². The Morgan fingerprint density at radius 1 is 1.50 bits per heavy atom. The molecule has 0 aromatic carbocycles. The van der Waals surface area contributed by atoms with Gasteiger partial charge in [0.15, 0.2) is 0 Å². The lowest BCUT2D eigenvalue weighted by Gasteiger charge is -2.17. The van der Waals surface area contributed by atoms with Gasteiger partial charge in [-0.3, -0.25) is 0 Å². The minimum Gasteiger partial charge on any atom is -0.354 e. The third-order valence-electron chi connectivity index (χ3n) is 2.46. The van der Waals surface area contributed by atoms with Crippen LogP contribution in [0.25, 0.3) is 0 Å². The summed E-state index contributed by atoms with van der Waals surface area (Å²) in [5.41, 5.74) is 5.52. The van der Waals surface area contributed by atoms with E-state index in [4.69, 9.17) is 5.73 Å². The molecule has 96 valence electrons. The van der Waals surface area contributed by atoms with Crippen molar-refractivity contribution >= 4 is 33.1 Å². The normalized spacial score (nSPS) is 10.6. The molecule has 0 unspecified atom stereocenters. The van der Waals surface area contributed by atoms with E-state index < -0.39 is 0 Å². The molecule has 0 saturated carbocycles. The standard InChI is InChI=1S/C12H15BrN4S/c1-17(7-10-6-9(13)8-18-10)12-3-5-15-11(16-12)2-4-14/h3,5-6,8H,2,4,7,14H2,1H3. The Hall–Kier alpha value is -0.980. The lowest BCUT2D eigenvalue weighted by Crippen LogP contribution is -2.18. The van der Waals surface area contributed by atoms with E-state index in [0.29, 0.717) is 13.0 Å². The Morgan fingerprint density at radius 2 is 2.33 bits per heavy atom. The lowest BCUT2D eigenvalue weighted by molar-refractivity contribution is 0.836. The number of nitrogens with two attached hydrogens (primary N) is 1. The maximum Gasteiger partial charge on any atom is 0.132 e. The fourth-order valence-electron chi connectivity index (χ4n) is 1.60. The van der Waals surface area contributed by atoms with Gasteiger partial charge in [0.25, 0.3) is 0 Å². The molecule has 0 bridgehead atoms. The van der Waals surface area contributed by atoms with E-state index >= 15 is 0 Å². The van der Waals surface area contributed by atoms with Crippen molar-refractivity contribution in [2.75, 3.05) is 18.5 Å². The predicted molar refractivity (Wildman–Crippen MR) is 78.9 cm³/mol. The number of aromatic nitrogens is 2. The zero-order valence-electron chi connectivity index (χ0n) is 10.1. The van der Waals surface area contributed by atoms with Gasteiger partial charge in [-0.2, -0.15) is 0 Å². The van der Waals surface area contributed by atoms with Crippen LogP contribution in [0.2, 0.25) is 0 Å². The van der Waals surface area contributed by atoms with Crippen LogP contribution in [0.4, 0.5) is 5.82 Å². The average molecular weight is 327 g/mol. The summed E-state index contributed by atoms with van der Waals surface area (Å²) in [4.78, 5) is 12.1. The van der Waals surface area contributed by atoms with Crippen molar-refractivity contribution in [3.05, 3.63) is 38.9 Å². The van der Waals surface area contributed by atoms with Gasteiger partial charge in [-0.05, 0) is 34.6 Å². The maximum atomic E-state index is 5.52. The molecule has 18 heavy (non-hydrogen) atoms. The van der Waals surface area contributed by atoms with Gasteiger partial charge in [0.05, 0.1) is 6.54 Å². The van der Waals surface area contributed by atoms with Crippen molar-refractivity contribution in [3.63, 3.8) is 0 Å². The smallest absolute Gasteiger partial charge is 0.132 e. The van der Waals surface area contributed by atoms with E-state index in [-0.39, 0.29) is 0 Å². The Balaban J connectivity index is 2.08. The number of hydrogen-bond donors (Lipinski definition) is 1. The molecule has 0 aliphatic rings. The highest BCUT2D eigenvalue weighted by Gasteiger charge is 2.06. The van der Waals surface area contributed by atoms with Crippen molar-refractivity contribution in [2.24, 2.45) is 5.73 Å². The third kappa shape index (κ3) is 3.51. The number of nitrogens with zero attached hydrogens (tertiary/aromatic N) is 3. The van der Waals surface area contributed by atoms with Gasteiger partial charge in [-0.15, -0.1) is 11.3 Å². The molecule has 0 radical (unpaired) electrons. The van der Waals surface area contributed by atoms with Crippen LogP contribution in [0.1, 0.15) is 10.7 Å². The number of hydrogen-bond acceptors (Lipinski definition) is 5. The van der Waals surface area contributed by atoms with Crippen LogP contribution in [0.15, 0.2) is 28.2 Å². The monoisotopic (exact) mass is 326 g/mol.